The highest BCUT2D eigenvalue weighted by molar-refractivity contribution is 7.16. The van der Waals surface area contributed by atoms with Gasteiger partial charge < -0.3 is 10.1 Å². The Morgan fingerprint density at radius 1 is 1.16 bits per heavy atom. The van der Waals surface area contributed by atoms with Gasteiger partial charge in [0.2, 0.25) is 0 Å². The summed E-state index contributed by atoms with van der Waals surface area (Å²) in [6.07, 6.45) is 0. The number of rotatable bonds is 6. The van der Waals surface area contributed by atoms with E-state index in [0.29, 0.717) is 12.6 Å². The quantitative estimate of drug-likeness (QED) is 0.848. The number of thiophene rings is 1. The van der Waals surface area contributed by atoms with Crippen LogP contribution in [0.25, 0.3) is 0 Å². The van der Waals surface area contributed by atoms with E-state index in [0.717, 1.165) is 21.5 Å². The van der Waals surface area contributed by atoms with Crippen LogP contribution < -0.4 is 10.1 Å². The molecule has 0 atom stereocenters. The summed E-state index contributed by atoms with van der Waals surface area (Å²) in [6.45, 7) is 5.74. The number of benzene rings is 1. The molecule has 1 aromatic heterocycles. The first-order valence-electron chi connectivity index (χ1n) is 6.33. The van der Waals surface area contributed by atoms with Crippen molar-refractivity contribution < 1.29 is 4.74 Å². The molecule has 1 N–H and O–H groups in total. The third-order valence-corrected chi connectivity index (χ3v) is 3.85. The molecular weight excluding hydrogens is 278 g/mol. The van der Waals surface area contributed by atoms with Gasteiger partial charge in [0.05, 0.1) is 4.34 Å². The number of ether oxygens (including phenoxy) is 1. The van der Waals surface area contributed by atoms with Gasteiger partial charge in [-0.2, -0.15) is 0 Å². The molecule has 2 aromatic rings. The normalized spacial score (nSPS) is 10.9. The Morgan fingerprint density at radius 2 is 1.89 bits per heavy atom. The Labute approximate surface area is 123 Å². The lowest BCUT2D eigenvalue weighted by atomic mass is 10.2. The highest BCUT2D eigenvalue weighted by Gasteiger charge is 2.00. The zero-order chi connectivity index (χ0) is 13.7. The van der Waals surface area contributed by atoms with E-state index in [1.807, 2.05) is 24.3 Å². The summed E-state index contributed by atoms with van der Waals surface area (Å²) < 4.78 is 6.52. The molecule has 2 nitrogen and oxygen atoms in total. The Bertz CT molecular complexity index is 507. The fourth-order valence-electron chi connectivity index (χ4n) is 1.61. The van der Waals surface area contributed by atoms with Gasteiger partial charge in [0.15, 0.2) is 0 Å². The maximum absolute atomic E-state index is 5.88. The zero-order valence-electron chi connectivity index (χ0n) is 11.2. The third kappa shape index (κ3) is 4.86. The van der Waals surface area contributed by atoms with Crippen molar-refractivity contribution in [2.45, 2.75) is 33.0 Å². The van der Waals surface area contributed by atoms with Gasteiger partial charge >= 0.3 is 0 Å². The largest absolute Gasteiger partial charge is 0.488 e. The van der Waals surface area contributed by atoms with Crippen LogP contribution in [0, 0.1) is 0 Å². The molecule has 0 radical (unpaired) electrons. The maximum Gasteiger partial charge on any atom is 0.122 e. The third-order valence-electron chi connectivity index (χ3n) is 2.65. The average molecular weight is 296 g/mol. The van der Waals surface area contributed by atoms with Crippen molar-refractivity contribution in [2.24, 2.45) is 0 Å². The average Bonchev–Trinajstić information content (AvgIpc) is 2.81. The summed E-state index contributed by atoms with van der Waals surface area (Å²) in [5.41, 5.74) is 1.26. The summed E-state index contributed by atoms with van der Waals surface area (Å²) in [7, 11) is 0. The van der Waals surface area contributed by atoms with Crippen LogP contribution in [-0.2, 0) is 13.2 Å². The number of halogens is 1. The van der Waals surface area contributed by atoms with Gasteiger partial charge in [0.1, 0.15) is 12.4 Å². The number of hydrogen-bond donors (Lipinski definition) is 1. The second-order valence-electron chi connectivity index (χ2n) is 4.67. The topological polar surface area (TPSA) is 21.3 Å². The molecule has 0 aliphatic carbocycles. The fraction of sp³-hybridized carbons (Fsp3) is 0.333. The fourth-order valence-corrected chi connectivity index (χ4v) is 2.61. The minimum Gasteiger partial charge on any atom is -0.488 e. The molecule has 0 bridgehead atoms. The molecular formula is C15H18ClNOS. The minimum atomic E-state index is 0.500. The van der Waals surface area contributed by atoms with Crippen LogP contribution >= 0.6 is 22.9 Å². The summed E-state index contributed by atoms with van der Waals surface area (Å²) in [5.74, 6) is 0.887. The smallest absolute Gasteiger partial charge is 0.122 e. The molecule has 0 saturated heterocycles. The minimum absolute atomic E-state index is 0.500. The molecule has 0 amide bonds. The lowest BCUT2D eigenvalue weighted by Crippen LogP contribution is -2.21. The van der Waals surface area contributed by atoms with Gasteiger partial charge in [-0.3, -0.25) is 0 Å². The highest BCUT2D eigenvalue weighted by atomic mass is 35.5. The van der Waals surface area contributed by atoms with Gasteiger partial charge in [-0.15, -0.1) is 11.3 Å². The van der Waals surface area contributed by atoms with Gasteiger partial charge in [-0.1, -0.05) is 37.6 Å². The van der Waals surface area contributed by atoms with Gasteiger partial charge in [-0.05, 0) is 29.8 Å². The van der Waals surface area contributed by atoms with Crippen molar-refractivity contribution in [3.63, 3.8) is 0 Å². The molecule has 0 aliphatic heterocycles. The van der Waals surface area contributed by atoms with Crippen LogP contribution in [-0.4, -0.2) is 6.04 Å². The van der Waals surface area contributed by atoms with E-state index < -0.39 is 0 Å². The van der Waals surface area contributed by atoms with E-state index >= 15 is 0 Å². The van der Waals surface area contributed by atoms with E-state index in [-0.39, 0.29) is 0 Å². The van der Waals surface area contributed by atoms with Gasteiger partial charge in [-0.25, -0.2) is 0 Å². The van der Waals surface area contributed by atoms with Crippen molar-refractivity contribution in [1.29, 1.82) is 0 Å². The van der Waals surface area contributed by atoms with E-state index in [1.54, 1.807) is 11.3 Å². The van der Waals surface area contributed by atoms with Crippen LogP contribution in [0.2, 0.25) is 4.34 Å². The lowest BCUT2D eigenvalue weighted by molar-refractivity contribution is 0.309. The Morgan fingerprint density at radius 3 is 2.47 bits per heavy atom. The first-order valence-corrected chi connectivity index (χ1v) is 7.52. The molecule has 0 unspecified atom stereocenters. The lowest BCUT2D eigenvalue weighted by Gasteiger charge is -2.09. The predicted molar refractivity (Wildman–Crippen MR) is 82.1 cm³/mol. The Hall–Kier alpha value is -1.03. The van der Waals surface area contributed by atoms with Gasteiger partial charge in [0, 0.05) is 17.5 Å². The molecule has 2 rings (SSSR count). The second-order valence-corrected chi connectivity index (χ2v) is 6.47. The molecule has 102 valence electrons. The van der Waals surface area contributed by atoms with Crippen LogP contribution in [0.4, 0.5) is 0 Å². The van der Waals surface area contributed by atoms with E-state index in [4.69, 9.17) is 16.3 Å². The Balaban J connectivity index is 1.84. The standard InChI is InChI=1S/C15H18ClNOS/c1-11(2)17-9-12-3-5-13(6-4-12)18-10-14-7-8-15(16)19-14/h3-8,11,17H,9-10H2,1-2H3. The first-order chi connectivity index (χ1) is 9.13. The van der Waals surface area contributed by atoms with Crippen molar-refractivity contribution in [2.75, 3.05) is 0 Å². The monoisotopic (exact) mass is 295 g/mol. The van der Waals surface area contributed by atoms with E-state index in [9.17, 15) is 0 Å². The van der Waals surface area contributed by atoms with Crippen molar-refractivity contribution in [3.05, 3.63) is 51.2 Å². The van der Waals surface area contributed by atoms with E-state index in [1.165, 1.54) is 5.56 Å². The highest BCUT2D eigenvalue weighted by Crippen LogP contribution is 2.23. The van der Waals surface area contributed by atoms with Crippen molar-refractivity contribution >= 4 is 22.9 Å². The number of hydrogen-bond acceptors (Lipinski definition) is 3. The maximum atomic E-state index is 5.88. The molecule has 0 fully saturated rings. The van der Waals surface area contributed by atoms with Crippen molar-refractivity contribution in [3.8, 4) is 5.75 Å². The summed E-state index contributed by atoms with van der Waals surface area (Å²) >= 11 is 7.43. The van der Waals surface area contributed by atoms with Crippen LogP contribution in [0.15, 0.2) is 36.4 Å². The summed E-state index contributed by atoms with van der Waals surface area (Å²) in [6, 6.07) is 12.6. The molecule has 0 aliphatic rings. The second kappa shape index (κ2) is 6.94. The van der Waals surface area contributed by atoms with Crippen molar-refractivity contribution in [1.82, 2.24) is 5.32 Å². The summed E-state index contributed by atoms with van der Waals surface area (Å²) in [5, 5.41) is 3.39. The molecule has 1 heterocycles. The number of nitrogens with one attached hydrogen (secondary N) is 1. The molecule has 19 heavy (non-hydrogen) atoms. The first kappa shape index (κ1) is 14.4. The Kier molecular flexibility index (Phi) is 5.25. The molecule has 0 saturated carbocycles. The van der Waals surface area contributed by atoms with Crippen LogP contribution in [0.5, 0.6) is 5.75 Å². The van der Waals surface area contributed by atoms with Crippen LogP contribution in [0.1, 0.15) is 24.3 Å². The predicted octanol–water partition coefficient (Wildman–Crippen LogP) is 4.48. The molecule has 4 heteroatoms. The molecule has 0 spiro atoms. The zero-order valence-corrected chi connectivity index (χ0v) is 12.7. The van der Waals surface area contributed by atoms with Gasteiger partial charge in [0.25, 0.3) is 0 Å². The summed E-state index contributed by atoms with van der Waals surface area (Å²) in [4.78, 5) is 1.13. The van der Waals surface area contributed by atoms with Crippen LogP contribution in [0.3, 0.4) is 0 Å². The SMILES string of the molecule is CC(C)NCc1ccc(OCc2ccc(Cl)s2)cc1. The molecule has 1 aromatic carbocycles. The van der Waals surface area contributed by atoms with E-state index in [2.05, 4.69) is 31.3 Å².